The van der Waals surface area contributed by atoms with Crippen molar-refractivity contribution in [1.82, 2.24) is 15.3 Å². The van der Waals surface area contributed by atoms with E-state index in [9.17, 15) is 9.59 Å². The number of nitrogens with one attached hydrogen (secondary N) is 2. The quantitative estimate of drug-likeness (QED) is 0.126. The van der Waals surface area contributed by atoms with Gasteiger partial charge in [-0.25, -0.2) is 9.97 Å². The van der Waals surface area contributed by atoms with Gasteiger partial charge in [0.15, 0.2) is 8.68 Å². The van der Waals surface area contributed by atoms with Crippen LogP contribution in [0.1, 0.15) is 31.0 Å². The van der Waals surface area contributed by atoms with Gasteiger partial charge in [-0.3, -0.25) is 9.59 Å². The molecule has 45 heavy (non-hydrogen) atoms. The fraction of sp³-hybridized carbons (Fsp3) is 0.176. The maximum atomic E-state index is 13.0. The van der Waals surface area contributed by atoms with Crippen LogP contribution >= 0.6 is 46.2 Å². The number of fused-ring (bicyclic) bond motifs is 2. The molecule has 0 aliphatic rings. The van der Waals surface area contributed by atoms with Crippen LogP contribution in [0.5, 0.6) is 5.75 Å². The zero-order valence-corrected chi connectivity index (χ0v) is 27.8. The molecule has 0 aliphatic heterocycles. The minimum absolute atomic E-state index is 0.0701. The summed E-state index contributed by atoms with van der Waals surface area (Å²) in [7, 11) is 0. The van der Waals surface area contributed by atoms with Gasteiger partial charge in [-0.15, -0.1) is 22.7 Å². The van der Waals surface area contributed by atoms with E-state index in [2.05, 4.69) is 15.6 Å². The zero-order chi connectivity index (χ0) is 31.2. The molecule has 0 bridgehead atoms. The van der Waals surface area contributed by atoms with E-state index in [4.69, 9.17) is 9.72 Å². The Kier molecular flexibility index (Phi) is 10.00. The van der Waals surface area contributed by atoms with E-state index in [0.717, 1.165) is 46.0 Å². The summed E-state index contributed by atoms with van der Waals surface area (Å²) in [5, 5.41) is 5.88. The first kappa shape index (κ1) is 31.1. The predicted octanol–water partition coefficient (Wildman–Crippen LogP) is 8.42. The van der Waals surface area contributed by atoms with Crippen LogP contribution < -0.4 is 15.4 Å². The Morgan fingerprint density at radius 2 is 1.44 bits per heavy atom. The van der Waals surface area contributed by atoms with Crippen LogP contribution in [0.25, 0.3) is 20.4 Å². The van der Waals surface area contributed by atoms with Crippen LogP contribution in [-0.2, 0) is 9.59 Å². The van der Waals surface area contributed by atoms with Crippen LogP contribution in [0.3, 0.4) is 0 Å². The number of hydrogen-bond acceptors (Lipinski definition) is 9. The van der Waals surface area contributed by atoms with E-state index in [1.165, 1.54) is 34.9 Å². The number of rotatable bonds is 12. The summed E-state index contributed by atoms with van der Waals surface area (Å²) >= 11 is 5.91. The van der Waals surface area contributed by atoms with Crippen molar-refractivity contribution in [1.29, 1.82) is 0 Å². The molecule has 6 aromatic rings. The lowest BCUT2D eigenvalue weighted by Crippen LogP contribution is -2.30. The molecule has 2 aromatic heterocycles. The normalized spacial score (nSPS) is 12.0. The number of carbonyl (C=O) groups excluding carboxylic acids is 2. The van der Waals surface area contributed by atoms with Crippen molar-refractivity contribution >= 4 is 84.1 Å². The number of thiazole rings is 2. The molecule has 4 aromatic carbocycles. The summed E-state index contributed by atoms with van der Waals surface area (Å²) in [4.78, 5) is 35.5. The highest BCUT2D eigenvalue weighted by atomic mass is 32.2. The Hall–Kier alpha value is -3.90. The van der Waals surface area contributed by atoms with Gasteiger partial charge in [0.05, 0.1) is 44.1 Å². The molecule has 11 heteroatoms. The lowest BCUT2D eigenvalue weighted by atomic mass is 9.99. The number of hydrogen-bond donors (Lipinski definition) is 2. The Morgan fingerprint density at radius 1 is 0.822 bits per heavy atom. The van der Waals surface area contributed by atoms with Gasteiger partial charge >= 0.3 is 0 Å². The second-order valence-corrected chi connectivity index (χ2v) is 14.9. The van der Waals surface area contributed by atoms with E-state index >= 15 is 0 Å². The highest BCUT2D eigenvalue weighted by molar-refractivity contribution is 8.02. The van der Waals surface area contributed by atoms with Crippen LogP contribution in [0.2, 0.25) is 0 Å². The molecule has 0 radical (unpaired) electrons. The third kappa shape index (κ3) is 7.85. The minimum Gasteiger partial charge on any atom is -0.494 e. The van der Waals surface area contributed by atoms with Gasteiger partial charge in [-0.1, -0.05) is 84.2 Å². The van der Waals surface area contributed by atoms with Gasteiger partial charge in [-0.2, -0.15) is 0 Å². The highest BCUT2D eigenvalue weighted by Gasteiger charge is 2.19. The number of aromatic nitrogens is 2. The molecule has 0 fully saturated rings. The molecule has 6 rings (SSSR count). The monoisotopic (exact) mass is 670 g/mol. The molecule has 2 N–H and O–H groups in total. The second kappa shape index (κ2) is 14.5. The van der Waals surface area contributed by atoms with Gasteiger partial charge in [0.2, 0.25) is 11.8 Å². The van der Waals surface area contributed by atoms with Crippen LogP contribution in [0, 0.1) is 0 Å². The molecule has 1 atom stereocenters. The standard InChI is InChI=1S/C34H30N4O3S4/c1-3-41-25-15-17-27-29(19-25)45-34(37-27)43-21(2)32(40)35-24-14-16-26-28(18-24)44-33(36-26)42-20-30(39)38-31(22-10-6-4-7-11-22)23-12-8-5-9-13-23/h4-19,21,31H,3,20H2,1-2H3,(H,35,40)(H,38,39)/t21-/m1/s1. The number of amides is 2. The molecule has 2 amide bonds. The third-order valence-electron chi connectivity index (χ3n) is 6.83. The molecular formula is C34H30N4O3S4. The van der Waals surface area contributed by atoms with Crippen molar-refractivity contribution in [2.24, 2.45) is 0 Å². The summed E-state index contributed by atoms with van der Waals surface area (Å²) in [6.07, 6.45) is 0. The lowest BCUT2D eigenvalue weighted by molar-refractivity contribution is -0.119. The van der Waals surface area contributed by atoms with Crippen molar-refractivity contribution in [3.63, 3.8) is 0 Å². The first-order chi connectivity index (χ1) is 21.9. The van der Waals surface area contributed by atoms with Crippen LogP contribution in [-0.4, -0.2) is 39.4 Å². The van der Waals surface area contributed by atoms with E-state index in [1.54, 1.807) is 11.3 Å². The maximum absolute atomic E-state index is 13.0. The molecule has 7 nitrogen and oxygen atoms in total. The number of benzene rings is 4. The van der Waals surface area contributed by atoms with Gasteiger partial charge in [-0.05, 0) is 61.4 Å². The first-order valence-corrected chi connectivity index (χ1v) is 17.9. The minimum atomic E-state index is -0.339. The average molecular weight is 671 g/mol. The Labute approximate surface area is 277 Å². The summed E-state index contributed by atoms with van der Waals surface area (Å²) < 4.78 is 9.20. The SMILES string of the molecule is CCOc1ccc2nc(S[C@H](C)C(=O)Nc3ccc4nc(SCC(=O)NC(c5ccccc5)c5ccccc5)sc4c3)sc2c1. The Bertz CT molecular complexity index is 1890. The maximum Gasteiger partial charge on any atom is 0.237 e. The van der Waals surface area contributed by atoms with E-state index in [0.29, 0.717) is 12.3 Å². The van der Waals surface area contributed by atoms with Crippen LogP contribution in [0.15, 0.2) is 106 Å². The summed E-state index contributed by atoms with van der Waals surface area (Å²) in [6.45, 7) is 4.44. The average Bonchev–Trinajstić information content (AvgIpc) is 3.66. The topological polar surface area (TPSA) is 93.2 Å². The van der Waals surface area contributed by atoms with Crippen molar-refractivity contribution in [2.45, 2.75) is 33.8 Å². The lowest BCUT2D eigenvalue weighted by Gasteiger charge is -2.19. The fourth-order valence-electron chi connectivity index (χ4n) is 4.66. The number of nitrogens with zero attached hydrogens (tertiary/aromatic N) is 2. The zero-order valence-electron chi connectivity index (χ0n) is 24.6. The number of carbonyl (C=O) groups is 2. The summed E-state index contributed by atoms with van der Waals surface area (Å²) in [5.74, 6) is 0.890. The third-order valence-corrected chi connectivity index (χ3v) is 11.2. The molecule has 0 aliphatic carbocycles. The summed E-state index contributed by atoms with van der Waals surface area (Å²) in [5.41, 5.74) is 4.49. The van der Waals surface area contributed by atoms with Gasteiger partial charge < -0.3 is 15.4 Å². The van der Waals surface area contributed by atoms with E-state index in [-0.39, 0.29) is 28.9 Å². The molecular weight excluding hydrogens is 641 g/mol. The largest absolute Gasteiger partial charge is 0.494 e. The molecule has 0 saturated carbocycles. The Morgan fingerprint density at radius 3 is 2.13 bits per heavy atom. The Balaban J connectivity index is 1.05. The number of anilines is 1. The van der Waals surface area contributed by atoms with Gasteiger partial charge in [0.25, 0.3) is 0 Å². The fourth-order valence-corrected chi connectivity index (χ4v) is 8.82. The number of thioether (sulfide) groups is 2. The van der Waals surface area contributed by atoms with Gasteiger partial charge in [0.1, 0.15) is 5.75 Å². The van der Waals surface area contributed by atoms with Gasteiger partial charge in [0, 0.05) is 5.69 Å². The summed E-state index contributed by atoms with van der Waals surface area (Å²) in [6, 6.07) is 31.2. The van der Waals surface area contributed by atoms with Crippen molar-refractivity contribution in [2.75, 3.05) is 17.7 Å². The molecule has 0 spiro atoms. The van der Waals surface area contributed by atoms with E-state index in [1.807, 2.05) is 111 Å². The first-order valence-electron chi connectivity index (χ1n) is 14.4. The number of ether oxygens (including phenoxy) is 1. The second-order valence-electron chi connectivity index (χ2n) is 10.1. The molecule has 0 unspecified atom stereocenters. The predicted molar refractivity (Wildman–Crippen MR) is 188 cm³/mol. The van der Waals surface area contributed by atoms with Crippen molar-refractivity contribution < 1.29 is 14.3 Å². The molecule has 228 valence electrons. The highest BCUT2D eigenvalue weighted by Crippen LogP contribution is 2.35. The smallest absolute Gasteiger partial charge is 0.237 e. The van der Waals surface area contributed by atoms with Crippen molar-refractivity contribution in [3.8, 4) is 5.75 Å². The molecule has 2 heterocycles. The van der Waals surface area contributed by atoms with Crippen LogP contribution in [0.4, 0.5) is 5.69 Å². The van der Waals surface area contributed by atoms with Crippen molar-refractivity contribution in [3.05, 3.63) is 108 Å². The van der Waals surface area contributed by atoms with E-state index < -0.39 is 0 Å². The molecule has 0 saturated heterocycles.